The minimum atomic E-state index is -0.384. The van der Waals surface area contributed by atoms with Crippen LogP contribution in [0.25, 0.3) is 11.0 Å². The van der Waals surface area contributed by atoms with Crippen LogP contribution in [0.5, 0.6) is 0 Å². The zero-order valence-electron chi connectivity index (χ0n) is 13.8. The molecule has 0 atom stereocenters. The van der Waals surface area contributed by atoms with E-state index >= 15 is 0 Å². The molecule has 5 nitrogen and oxygen atoms in total. The molecule has 2 N–H and O–H groups in total. The third kappa shape index (κ3) is 4.32. The SMILES string of the molecule is Cc1cc(=O)oc2cc(NC(=O)NCCSC3CCCC3)ccc12. The quantitative estimate of drug-likeness (QED) is 0.636. The van der Waals surface area contributed by atoms with Crippen molar-refractivity contribution in [1.82, 2.24) is 5.32 Å². The highest BCUT2D eigenvalue weighted by atomic mass is 32.2. The van der Waals surface area contributed by atoms with Gasteiger partial charge in [-0.15, -0.1) is 0 Å². The highest BCUT2D eigenvalue weighted by Crippen LogP contribution is 2.28. The molecule has 0 bridgehead atoms. The highest BCUT2D eigenvalue weighted by Gasteiger charge is 2.14. The molecule has 1 aliphatic rings. The average Bonchev–Trinajstić information content (AvgIpc) is 3.04. The summed E-state index contributed by atoms with van der Waals surface area (Å²) in [4.78, 5) is 23.4. The largest absolute Gasteiger partial charge is 0.423 e. The van der Waals surface area contributed by atoms with E-state index in [-0.39, 0.29) is 11.7 Å². The molecule has 0 saturated heterocycles. The Morgan fingerprint density at radius 2 is 2.08 bits per heavy atom. The van der Waals surface area contributed by atoms with Crippen molar-refractivity contribution in [3.63, 3.8) is 0 Å². The Morgan fingerprint density at radius 1 is 1.29 bits per heavy atom. The normalized spacial score (nSPS) is 14.9. The van der Waals surface area contributed by atoms with Gasteiger partial charge in [-0.25, -0.2) is 9.59 Å². The van der Waals surface area contributed by atoms with E-state index in [1.54, 1.807) is 6.07 Å². The molecule has 1 aliphatic carbocycles. The molecule has 128 valence electrons. The minimum absolute atomic E-state index is 0.239. The zero-order valence-corrected chi connectivity index (χ0v) is 14.6. The van der Waals surface area contributed by atoms with Gasteiger partial charge in [-0.05, 0) is 37.5 Å². The van der Waals surface area contributed by atoms with Crippen molar-refractivity contribution in [2.45, 2.75) is 37.9 Å². The predicted molar refractivity (Wildman–Crippen MR) is 99.0 cm³/mol. The number of nitrogens with one attached hydrogen (secondary N) is 2. The summed E-state index contributed by atoms with van der Waals surface area (Å²) < 4.78 is 5.19. The van der Waals surface area contributed by atoms with Crippen LogP contribution in [0, 0.1) is 6.92 Å². The van der Waals surface area contributed by atoms with Crippen LogP contribution < -0.4 is 16.3 Å². The Hall–Kier alpha value is -1.95. The molecule has 1 heterocycles. The van der Waals surface area contributed by atoms with E-state index in [1.165, 1.54) is 31.7 Å². The Bertz CT molecular complexity index is 781. The van der Waals surface area contributed by atoms with Gasteiger partial charge in [0.25, 0.3) is 0 Å². The van der Waals surface area contributed by atoms with Crippen LogP contribution >= 0.6 is 11.8 Å². The summed E-state index contributed by atoms with van der Waals surface area (Å²) in [6.45, 7) is 2.51. The lowest BCUT2D eigenvalue weighted by Crippen LogP contribution is -2.30. The van der Waals surface area contributed by atoms with Crippen LogP contribution in [0.1, 0.15) is 31.2 Å². The number of carbonyl (C=O) groups excluding carboxylic acids is 1. The molecule has 1 aromatic carbocycles. The van der Waals surface area contributed by atoms with Gasteiger partial charge < -0.3 is 15.1 Å². The standard InChI is InChI=1S/C18H22N2O3S/c1-12-10-17(21)23-16-11-13(6-7-15(12)16)20-18(22)19-8-9-24-14-4-2-3-5-14/h6-7,10-11,14H,2-5,8-9H2,1H3,(H2,19,20,22). The van der Waals surface area contributed by atoms with E-state index in [4.69, 9.17) is 4.42 Å². The van der Waals surface area contributed by atoms with Crippen LogP contribution in [0.4, 0.5) is 10.5 Å². The minimum Gasteiger partial charge on any atom is -0.423 e. The highest BCUT2D eigenvalue weighted by molar-refractivity contribution is 7.99. The number of urea groups is 1. The summed E-state index contributed by atoms with van der Waals surface area (Å²) >= 11 is 1.95. The lowest BCUT2D eigenvalue weighted by Gasteiger charge is -2.10. The van der Waals surface area contributed by atoms with Crippen LogP contribution in [0.3, 0.4) is 0 Å². The molecule has 1 saturated carbocycles. The van der Waals surface area contributed by atoms with E-state index in [0.717, 1.165) is 22.0 Å². The maximum atomic E-state index is 12.0. The summed E-state index contributed by atoms with van der Waals surface area (Å²) in [5.74, 6) is 0.934. The van der Waals surface area contributed by atoms with Gasteiger partial charge in [0.1, 0.15) is 5.58 Å². The fourth-order valence-electron chi connectivity index (χ4n) is 3.02. The molecule has 1 fully saturated rings. The van der Waals surface area contributed by atoms with Crippen LogP contribution in [-0.2, 0) is 0 Å². The summed E-state index contributed by atoms with van der Waals surface area (Å²) in [7, 11) is 0. The third-order valence-electron chi connectivity index (χ3n) is 4.25. The first-order chi connectivity index (χ1) is 11.6. The predicted octanol–water partition coefficient (Wildman–Crippen LogP) is 3.90. The number of fused-ring (bicyclic) bond motifs is 1. The molecule has 24 heavy (non-hydrogen) atoms. The van der Waals surface area contributed by atoms with Gasteiger partial charge >= 0.3 is 11.7 Å². The Kier molecular flexibility index (Phi) is 5.45. The van der Waals surface area contributed by atoms with Crippen molar-refractivity contribution in [2.24, 2.45) is 0 Å². The fraction of sp³-hybridized carbons (Fsp3) is 0.444. The topological polar surface area (TPSA) is 71.3 Å². The van der Waals surface area contributed by atoms with Gasteiger partial charge in [-0.3, -0.25) is 0 Å². The van der Waals surface area contributed by atoms with Gasteiger partial charge in [-0.2, -0.15) is 11.8 Å². The first-order valence-electron chi connectivity index (χ1n) is 8.33. The monoisotopic (exact) mass is 346 g/mol. The number of amides is 2. The number of anilines is 1. The van der Waals surface area contributed by atoms with Crippen molar-refractivity contribution < 1.29 is 9.21 Å². The fourth-order valence-corrected chi connectivity index (χ4v) is 4.24. The molecule has 2 aromatic rings. The van der Waals surface area contributed by atoms with E-state index in [2.05, 4.69) is 10.6 Å². The molecule has 3 rings (SSSR count). The number of aryl methyl sites for hydroxylation is 1. The van der Waals surface area contributed by atoms with Gasteiger partial charge in [0.15, 0.2) is 0 Å². The Balaban J connectivity index is 1.52. The molecule has 6 heteroatoms. The summed E-state index contributed by atoms with van der Waals surface area (Å²) in [5, 5.41) is 7.28. The molecular weight excluding hydrogens is 324 g/mol. The number of carbonyl (C=O) groups is 1. The van der Waals surface area contributed by atoms with Gasteiger partial charge in [0.2, 0.25) is 0 Å². The third-order valence-corrected chi connectivity index (χ3v) is 5.64. The molecule has 1 aromatic heterocycles. The van der Waals surface area contributed by atoms with Gasteiger partial charge in [0.05, 0.1) is 0 Å². The first kappa shape index (κ1) is 16.9. The smallest absolute Gasteiger partial charge is 0.336 e. The number of benzene rings is 1. The second kappa shape index (κ2) is 7.75. The molecule has 2 amide bonds. The lowest BCUT2D eigenvalue weighted by atomic mass is 10.1. The van der Waals surface area contributed by atoms with Crippen molar-refractivity contribution in [3.8, 4) is 0 Å². The summed E-state index contributed by atoms with van der Waals surface area (Å²) in [6.07, 6.45) is 5.28. The van der Waals surface area contributed by atoms with E-state index in [0.29, 0.717) is 17.8 Å². The first-order valence-corrected chi connectivity index (χ1v) is 9.38. The molecule has 0 unspecified atom stereocenters. The maximum absolute atomic E-state index is 12.0. The Morgan fingerprint density at radius 3 is 2.88 bits per heavy atom. The van der Waals surface area contributed by atoms with Crippen LogP contribution in [0.2, 0.25) is 0 Å². The zero-order chi connectivity index (χ0) is 16.9. The molecular formula is C18H22N2O3S. The molecule has 0 radical (unpaired) electrons. The second-order valence-electron chi connectivity index (χ2n) is 6.12. The van der Waals surface area contributed by atoms with Gasteiger partial charge in [-0.1, -0.05) is 12.8 Å². The number of rotatable bonds is 5. The van der Waals surface area contributed by atoms with E-state index < -0.39 is 0 Å². The molecule has 0 aliphatic heterocycles. The summed E-state index contributed by atoms with van der Waals surface area (Å²) in [5.41, 5.74) is 1.57. The lowest BCUT2D eigenvalue weighted by molar-refractivity contribution is 0.252. The molecule has 0 spiro atoms. The number of thioether (sulfide) groups is 1. The second-order valence-corrected chi connectivity index (χ2v) is 7.53. The van der Waals surface area contributed by atoms with E-state index in [9.17, 15) is 9.59 Å². The average molecular weight is 346 g/mol. The van der Waals surface area contributed by atoms with Crippen molar-refractivity contribution in [2.75, 3.05) is 17.6 Å². The van der Waals surface area contributed by atoms with Gasteiger partial charge in [0, 0.05) is 40.8 Å². The van der Waals surface area contributed by atoms with Crippen LogP contribution in [-0.4, -0.2) is 23.6 Å². The van der Waals surface area contributed by atoms with E-state index in [1.807, 2.05) is 30.8 Å². The Labute approximate surface area is 145 Å². The van der Waals surface area contributed by atoms with Crippen molar-refractivity contribution in [1.29, 1.82) is 0 Å². The van der Waals surface area contributed by atoms with Crippen molar-refractivity contribution >= 4 is 34.4 Å². The summed E-state index contributed by atoms with van der Waals surface area (Å²) in [6, 6.07) is 6.55. The number of hydrogen-bond acceptors (Lipinski definition) is 4. The number of hydrogen-bond donors (Lipinski definition) is 2. The van der Waals surface area contributed by atoms with Crippen LogP contribution in [0.15, 0.2) is 33.5 Å². The maximum Gasteiger partial charge on any atom is 0.336 e. The van der Waals surface area contributed by atoms with Crippen molar-refractivity contribution in [3.05, 3.63) is 40.2 Å².